The van der Waals surface area contributed by atoms with Gasteiger partial charge in [0, 0.05) is 7.05 Å². The Morgan fingerprint density at radius 3 is 2.22 bits per heavy atom. The van der Waals surface area contributed by atoms with E-state index in [1.807, 2.05) is 0 Å². The number of carboxylic acid groups (broad SMARTS) is 1. The summed E-state index contributed by atoms with van der Waals surface area (Å²) in [6.45, 7) is 0. The zero-order valence-corrected chi connectivity index (χ0v) is 10.5. The van der Waals surface area contributed by atoms with Gasteiger partial charge in [-0.2, -0.15) is 0 Å². The number of carboxylic acids is 1. The zero-order chi connectivity index (χ0) is 13.9. The summed E-state index contributed by atoms with van der Waals surface area (Å²) in [6.07, 6.45) is 0. The highest BCUT2D eigenvalue weighted by Crippen LogP contribution is 2.19. The van der Waals surface area contributed by atoms with Crippen molar-refractivity contribution in [1.29, 1.82) is 0 Å². The van der Waals surface area contributed by atoms with Gasteiger partial charge in [-0.1, -0.05) is 0 Å². The van der Waals surface area contributed by atoms with Gasteiger partial charge in [-0.05, 0) is 18.2 Å². The molecule has 0 amide bonds. The smallest absolute Gasteiger partial charge is 0.337 e. The number of nitrogens with zero attached hydrogens (tertiary/aromatic N) is 1. The van der Waals surface area contributed by atoms with Gasteiger partial charge in [-0.15, -0.1) is 0 Å². The van der Waals surface area contributed by atoms with Crippen molar-refractivity contribution in [3.05, 3.63) is 29.3 Å². The number of carbonyl (C=O) groups is 2. The number of carbonyl (C=O) groups excluding carboxylic acids is 1. The Bertz CT molecular complexity index is 557. The van der Waals surface area contributed by atoms with Gasteiger partial charge in [0.25, 0.3) is 0 Å². The average molecular weight is 273 g/mol. The van der Waals surface area contributed by atoms with Gasteiger partial charge in [0.15, 0.2) is 0 Å². The molecule has 0 spiro atoms. The topological polar surface area (TPSA) is 101 Å². The summed E-state index contributed by atoms with van der Waals surface area (Å²) < 4.78 is 27.0. The lowest BCUT2D eigenvalue weighted by Gasteiger charge is -2.13. The van der Waals surface area contributed by atoms with Crippen LogP contribution in [0.2, 0.25) is 0 Å². The Hall–Kier alpha value is -2.09. The number of ether oxygens (including phenoxy) is 1. The molecule has 0 aliphatic carbocycles. The van der Waals surface area contributed by atoms with Crippen LogP contribution in [0.4, 0.5) is 5.69 Å². The van der Waals surface area contributed by atoms with Crippen LogP contribution >= 0.6 is 0 Å². The van der Waals surface area contributed by atoms with E-state index in [2.05, 4.69) is 4.74 Å². The molecule has 98 valence electrons. The molecule has 1 N–H and O–H groups in total. The lowest BCUT2D eigenvalue weighted by atomic mass is 10.1. The summed E-state index contributed by atoms with van der Waals surface area (Å²) in [6, 6.07) is 3.51. The fourth-order valence-electron chi connectivity index (χ4n) is 1.25. The second kappa shape index (κ2) is 5.50. The quantitative estimate of drug-likeness (QED) is 0.597. The van der Waals surface area contributed by atoms with Crippen LogP contribution in [0.15, 0.2) is 18.2 Å². The number of methoxy groups -OCH3 is 1. The Labute approximate surface area is 105 Å². The number of rotatable bonds is 4. The predicted molar refractivity (Wildman–Crippen MR) is 63.5 cm³/mol. The maximum Gasteiger partial charge on any atom is 0.337 e. The molecule has 0 aromatic heterocycles. The summed E-state index contributed by atoms with van der Waals surface area (Å²) in [4.78, 5) is 22.2. The van der Waals surface area contributed by atoms with Crippen LogP contribution in [0, 0.1) is 0 Å². The molecule has 0 heterocycles. The van der Waals surface area contributed by atoms with Crippen LogP contribution < -0.4 is 4.31 Å². The van der Waals surface area contributed by atoms with E-state index in [4.69, 9.17) is 5.11 Å². The molecule has 0 atom stereocenters. The fourth-order valence-corrected chi connectivity index (χ4v) is 1.56. The molecule has 18 heavy (non-hydrogen) atoms. The number of hydrogen-bond acceptors (Lipinski definition) is 5. The Morgan fingerprint density at radius 1 is 1.22 bits per heavy atom. The minimum absolute atomic E-state index is 0.0314. The first-order valence-electron chi connectivity index (χ1n) is 4.71. The molecule has 1 rings (SSSR count). The SMILES string of the molecule is COC(=O)c1cc(C(=O)O)cc(N(C)[SH](=O)=O)c1. The molecule has 0 aliphatic heterocycles. The maximum absolute atomic E-state index is 11.3. The lowest BCUT2D eigenvalue weighted by Crippen LogP contribution is -2.16. The number of thiol groups is 1. The first kappa shape index (κ1) is 14.0. The van der Waals surface area contributed by atoms with Gasteiger partial charge >= 0.3 is 11.9 Å². The fraction of sp³-hybridized carbons (Fsp3) is 0.200. The summed E-state index contributed by atoms with van der Waals surface area (Å²) in [5, 5.41) is 8.89. The summed E-state index contributed by atoms with van der Waals surface area (Å²) in [5.74, 6) is -2.01. The van der Waals surface area contributed by atoms with Gasteiger partial charge in [-0.3, -0.25) is 4.31 Å². The zero-order valence-electron chi connectivity index (χ0n) is 9.61. The van der Waals surface area contributed by atoms with Crippen LogP contribution in [0.1, 0.15) is 20.7 Å². The van der Waals surface area contributed by atoms with Crippen molar-refractivity contribution in [2.45, 2.75) is 0 Å². The maximum atomic E-state index is 11.3. The number of anilines is 1. The molecule has 0 fully saturated rings. The van der Waals surface area contributed by atoms with E-state index < -0.39 is 22.8 Å². The van der Waals surface area contributed by atoms with E-state index in [1.165, 1.54) is 13.1 Å². The first-order valence-corrected chi connectivity index (χ1v) is 5.84. The molecule has 1 aromatic carbocycles. The largest absolute Gasteiger partial charge is 0.478 e. The van der Waals surface area contributed by atoms with Crippen molar-refractivity contribution >= 4 is 28.5 Å². The van der Waals surface area contributed by atoms with Crippen LogP contribution in [0.3, 0.4) is 0 Å². The molecule has 1 aromatic rings. The molecule has 0 saturated heterocycles. The summed E-state index contributed by atoms with van der Waals surface area (Å²) >= 11 is 0. The van der Waals surface area contributed by atoms with Gasteiger partial charge in [0.05, 0.1) is 23.9 Å². The third-order valence-electron chi connectivity index (χ3n) is 2.20. The number of aromatic carboxylic acids is 1. The highest BCUT2D eigenvalue weighted by Gasteiger charge is 2.15. The highest BCUT2D eigenvalue weighted by molar-refractivity contribution is 7.74. The van der Waals surface area contributed by atoms with E-state index in [-0.39, 0.29) is 16.8 Å². The van der Waals surface area contributed by atoms with Crippen molar-refractivity contribution in [1.82, 2.24) is 0 Å². The van der Waals surface area contributed by atoms with E-state index in [0.717, 1.165) is 23.5 Å². The number of hydrogen-bond donors (Lipinski definition) is 2. The van der Waals surface area contributed by atoms with E-state index in [9.17, 15) is 18.0 Å². The van der Waals surface area contributed by atoms with Crippen LogP contribution in [-0.4, -0.2) is 39.6 Å². The first-order chi connectivity index (χ1) is 8.36. The number of benzene rings is 1. The normalized spacial score (nSPS) is 10.2. The minimum atomic E-state index is -2.92. The lowest BCUT2D eigenvalue weighted by molar-refractivity contribution is 0.0600. The minimum Gasteiger partial charge on any atom is -0.478 e. The van der Waals surface area contributed by atoms with Gasteiger partial charge < -0.3 is 9.84 Å². The van der Waals surface area contributed by atoms with Gasteiger partial charge in [-0.25, -0.2) is 18.0 Å². The summed E-state index contributed by atoms with van der Waals surface area (Å²) in [7, 11) is -0.527. The predicted octanol–water partition coefficient (Wildman–Crippen LogP) is 0.134. The third-order valence-corrected chi connectivity index (χ3v) is 2.93. The number of esters is 1. The van der Waals surface area contributed by atoms with Crippen molar-refractivity contribution in [2.75, 3.05) is 18.5 Å². The summed E-state index contributed by atoms with van der Waals surface area (Å²) in [5.41, 5.74) is -0.154. The third kappa shape index (κ3) is 2.98. The molecule has 7 nitrogen and oxygen atoms in total. The molecule has 0 radical (unpaired) electrons. The highest BCUT2D eigenvalue weighted by atomic mass is 32.2. The molecular weight excluding hydrogens is 262 g/mol. The molecule has 0 unspecified atom stereocenters. The van der Waals surface area contributed by atoms with Crippen LogP contribution in [0.25, 0.3) is 0 Å². The van der Waals surface area contributed by atoms with Gasteiger partial charge in [0.1, 0.15) is 0 Å². The van der Waals surface area contributed by atoms with Crippen LogP contribution in [0.5, 0.6) is 0 Å². The second-order valence-corrected chi connectivity index (χ2v) is 4.40. The standard InChI is InChI=1S/C10H11NO6S/c1-11(18(15)16)8-4-6(9(12)13)3-7(5-8)10(14)17-2/h3-5,18H,1-2H3,(H,12,13). The van der Waals surface area contributed by atoms with E-state index >= 15 is 0 Å². The van der Waals surface area contributed by atoms with Crippen LogP contribution in [-0.2, 0) is 15.6 Å². The average Bonchev–Trinajstić information content (AvgIpc) is 2.35. The molecule has 0 saturated carbocycles. The van der Waals surface area contributed by atoms with Gasteiger partial charge in [0.2, 0.25) is 10.9 Å². The Balaban J connectivity index is 3.39. The van der Waals surface area contributed by atoms with Crippen molar-refractivity contribution in [3.63, 3.8) is 0 Å². The van der Waals surface area contributed by atoms with E-state index in [1.54, 1.807) is 0 Å². The Morgan fingerprint density at radius 2 is 1.78 bits per heavy atom. The van der Waals surface area contributed by atoms with Crippen molar-refractivity contribution < 1.29 is 27.9 Å². The molecular formula is C10H11NO6S. The van der Waals surface area contributed by atoms with Crippen molar-refractivity contribution in [3.8, 4) is 0 Å². The molecule has 0 aliphatic rings. The Kier molecular flexibility index (Phi) is 4.27. The van der Waals surface area contributed by atoms with E-state index in [0.29, 0.717) is 0 Å². The monoisotopic (exact) mass is 273 g/mol. The molecule has 0 bridgehead atoms. The second-order valence-electron chi connectivity index (χ2n) is 3.33. The van der Waals surface area contributed by atoms with Crippen molar-refractivity contribution in [2.24, 2.45) is 0 Å². The molecule has 8 heteroatoms.